The Labute approximate surface area is 143 Å². The van der Waals surface area contributed by atoms with E-state index in [4.69, 9.17) is 0 Å². The van der Waals surface area contributed by atoms with Crippen molar-refractivity contribution in [3.63, 3.8) is 0 Å². The highest BCUT2D eigenvalue weighted by molar-refractivity contribution is 7.07. The number of amides is 1. The fourth-order valence-corrected chi connectivity index (χ4v) is 4.36. The molecule has 0 spiro atoms. The van der Waals surface area contributed by atoms with Crippen LogP contribution in [0.3, 0.4) is 0 Å². The lowest BCUT2D eigenvalue weighted by Crippen LogP contribution is -2.40. The molecule has 126 valence electrons. The Bertz CT molecular complexity index is 843. The molecule has 2 aromatic heterocycles. The van der Waals surface area contributed by atoms with Crippen LogP contribution in [0.2, 0.25) is 0 Å². The number of likely N-dealkylation sites (tertiary alicyclic amines) is 1. The van der Waals surface area contributed by atoms with Gasteiger partial charge in [0.05, 0.1) is 5.69 Å². The second-order valence-corrected chi connectivity index (χ2v) is 7.22. The molecule has 0 unspecified atom stereocenters. The summed E-state index contributed by atoms with van der Waals surface area (Å²) < 4.78 is 6.04. The summed E-state index contributed by atoms with van der Waals surface area (Å²) in [7, 11) is 0. The zero-order chi connectivity index (χ0) is 16.7. The summed E-state index contributed by atoms with van der Waals surface area (Å²) in [5, 5.41) is 3.94. The van der Waals surface area contributed by atoms with Crippen molar-refractivity contribution in [3.8, 4) is 0 Å². The molecule has 0 bridgehead atoms. The number of aryl methyl sites for hydroxylation is 2. The van der Waals surface area contributed by atoms with Crippen molar-refractivity contribution in [1.29, 1.82) is 0 Å². The maximum Gasteiger partial charge on any atom is 0.273 e. The standard InChI is InChI=1S/C16H19N5O2S/c1-10-15(24-19-18-10)16(23)20-6-2-4-11(9-20)12-8-14(22)17-13-5-3-7-21(12)13/h8,11H,2-7,9H2,1H3/t11-/m1/s1. The number of piperidine rings is 1. The quantitative estimate of drug-likeness (QED) is 0.821. The summed E-state index contributed by atoms with van der Waals surface area (Å²) in [4.78, 5) is 31.3. The molecule has 1 atom stereocenters. The number of carbonyl (C=O) groups excluding carboxylic acids is 1. The highest BCUT2D eigenvalue weighted by Gasteiger charge is 2.30. The summed E-state index contributed by atoms with van der Waals surface area (Å²) in [6.07, 6.45) is 3.83. The topological polar surface area (TPSA) is 81.0 Å². The molecule has 2 aliphatic heterocycles. The third-order valence-corrected chi connectivity index (χ3v) is 5.70. The smallest absolute Gasteiger partial charge is 0.273 e. The van der Waals surface area contributed by atoms with Crippen LogP contribution in [0, 0.1) is 6.92 Å². The molecule has 0 saturated carbocycles. The monoisotopic (exact) mass is 345 g/mol. The summed E-state index contributed by atoms with van der Waals surface area (Å²) in [6, 6.07) is 1.66. The highest BCUT2D eigenvalue weighted by atomic mass is 32.1. The first-order chi connectivity index (χ1) is 11.6. The zero-order valence-corrected chi connectivity index (χ0v) is 14.4. The second-order valence-electron chi connectivity index (χ2n) is 6.47. The van der Waals surface area contributed by atoms with Gasteiger partial charge >= 0.3 is 0 Å². The SMILES string of the molecule is Cc1nnsc1C(=O)N1CCC[C@@H](c2cc(=O)nc3n2CCC3)C1. The van der Waals surface area contributed by atoms with Gasteiger partial charge in [0.1, 0.15) is 10.7 Å². The minimum Gasteiger partial charge on any atom is -0.337 e. The molecule has 2 aromatic rings. The van der Waals surface area contributed by atoms with Gasteiger partial charge in [-0.2, -0.15) is 4.98 Å². The van der Waals surface area contributed by atoms with Crippen LogP contribution in [-0.2, 0) is 13.0 Å². The maximum absolute atomic E-state index is 12.7. The van der Waals surface area contributed by atoms with E-state index < -0.39 is 0 Å². The van der Waals surface area contributed by atoms with E-state index in [1.165, 1.54) is 0 Å². The van der Waals surface area contributed by atoms with Gasteiger partial charge in [-0.25, -0.2) is 0 Å². The van der Waals surface area contributed by atoms with Crippen LogP contribution in [0.4, 0.5) is 0 Å². The molecule has 0 N–H and O–H groups in total. The van der Waals surface area contributed by atoms with Crippen molar-refractivity contribution >= 4 is 17.4 Å². The van der Waals surface area contributed by atoms with Gasteiger partial charge in [-0.3, -0.25) is 9.59 Å². The van der Waals surface area contributed by atoms with E-state index in [1.54, 1.807) is 6.07 Å². The number of fused-ring (bicyclic) bond motifs is 1. The minimum atomic E-state index is -0.163. The average molecular weight is 345 g/mol. The Morgan fingerprint density at radius 1 is 1.33 bits per heavy atom. The van der Waals surface area contributed by atoms with Crippen LogP contribution < -0.4 is 5.56 Å². The number of nitrogens with zero attached hydrogens (tertiary/aromatic N) is 5. The van der Waals surface area contributed by atoms with Crippen LogP contribution in [0.15, 0.2) is 10.9 Å². The number of hydrogen-bond acceptors (Lipinski definition) is 6. The molecule has 8 heteroatoms. The molecule has 7 nitrogen and oxygen atoms in total. The summed E-state index contributed by atoms with van der Waals surface area (Å²) in [5.74, 6) is 1.09. The van der Waals surface area contributed by atoms with Crippen molar-refractivity contribution in [1.82, 2.24) is 24.0 Å². The lowest BCUT2D eigenvalue weighted by atomic mass is 9.94. The number of hydrogen-bond donors (Lipinski definition) is 0. The highest BCUT2D eigenvalue weighted by Crippen LogP contribution is 2.29. The van der Waals surface area contributed by atoms with Gasteiger partial charge in [-0.15, -0.1) is 5.10 Å². The first-order valence-corrected chi connectivity index (χ1v) is 9.09. The summed E-state index contributed by atoms with van der Waals surface area (Å²) in [6.45, 7) is 4.11. The second kappa shape index (κ2) is 6.08. The van der Waals surface area contributed by atoms with Crippen molar-refractivity contribution in [3.05, 3.63) is 38.5 Å². The molecule has 4 rings (SSSR count). The van der Waals surface area contributed by atoms with Crippen LogP contribution in [0.25, 0.3) is 0 Å². The Morgan fingerprint density at radius 3 is 3.00 bits per heavy atom. The van der Waals surface area contributed by atoms with Crippen LogP contribution in [0.5, 0.6) is 0 Å². The van der Waals surface area contributed by atoms with E-state index in [1.807, 2.05) is 11.8 Å². The van der Waals surface area contributed by atoms with Crippen LogP contribution in [-0.4, -0.2) is 43.0 Å². The van der Waals surface area contributed by atoms with Gasteiger partial charge in [0.2, 0.25) is 0 Å². The molecular formula is C16H19N5O2S. The predicted molar refractivity (Wildman–Crippen MR) is 89.3 cm³/mol. The summed E-state index contributed by atoms with van der Waals surface area (Å²) >= 11 is 1.15. The molecule has 0 radical (unpaired) electrons. The Morgan fingerprint density at radius 2 is 2.21 bits per heavy atom. The van der Waals surface area contributed by atoms with Crippen molar-refractivity contribution in [2.45, 2.75) is 45.1 Å². The van der Waals surface area contributed by atoms with Gasteiger partial charge in [0.15, 0.2) is 0 Å². The van der Waals surface area contributed by atoms with Gasteiger partial charge in [-0.05, 0) is 37.7 Å². The largest absolute Gasteiger partial charge is 0.337 e. The predicted octanol–water partition coefficient (Wildman–Crippen LogP) is 1.37. The lowest BCUT2D eigenvalue weighted by Gasteiger charge is -2.33. The van der Waals surface area contributed by atoms with E-state index in [0.29, 0.717) is 17.1 Å². The van der Waals surface area contributed by atoms with Crippen molar-refractivity contribution in [2.24, 2.45) is 0 Å². The van der Waals surface area contributed by atoms with Crippen molar-refractivity contribution in [2.75, 3.05) is 13.1 Å². The maximum atomic E-state index is 12.7. The average Bonchev–Trinajstić information content (AvgIpc) is 3.22. The molecular weight excluding hydrogens is 326 g/mol. The lowest BCUT2D eigenvalue weighted by molar-refractivity contribution is 0.0708. The molecule has 2 aliphatic rings. The van der Waals surface area contributed by atoms with Crippen LogP contribution >= 0.6 is 11.5 Å². The molecule has 1 amide bonds. The summed E-state index contributed by atoms with van der Waals surface area (Å²) in [5.41, 5.74) is 1.57. The molecule has 1 fully saturated rings. The molecule has 0 aromatic carbocycles. The van der Waals surface area contributed by atoms with Crippen LogP contribution in [0.1, 0.15) is 52.1 Å². The Hall–Kier alpha value is -2.09. The van der Waals surface area contributed by atoms with Gasteiger partial charge in [0, 0.05) is 43.7 Å². The van der Waals surface area contributed by atoms with E-state index in [0.717, 1.165) is 61.8 Å². The zero-order valence-electron chi connectivity index (χ0n) is 13.6. The van der Waals surface area contributed by atoms with Gasteiger partial charge in [-0.1, -0.05) is 4.49 Å². The molecule has 24 heavy (non-hydrogen) atoms. The van der Waals surface area contributed by atoms with E-state index >= 15 is 0 Å². The van der Waals surface area contributed by atoms with E-state index in [2.05, 4.69) is 19.1 Å². The Balaban J connectivity index is 1.61. The van der Waals surface area contributed by atoms with Crippen molar-refractivity contribution < 1.29 is 4.79 Å². The normalized spacial score (nSPS) is 20.2. The van der Waals surface area contributed by atoms with Gasteiger partial charge in [0.25, 0.3) is 11.5 Å². The number of carbonyl (C=O) groups is 1. The fourth-order valence-electron chi connectivity index (χ4n) is 3.73. The third-order valence-electron chi connectivity index (χ3n) is 4.89. The first-order valence-electron chi connectivity index (χ1n) is 8.32. The fraction of sp³-hybridized carbons (Fsp3) is 0.562. The molecule has 1 saturated heterocycles. The third kappa shape index (κ3) is 2.64. The van der Waals surface area contributed by atoms with E-state index in [9.17, 15) is 9.59 Å². The number of rotatable bonds is 2. The minimum absolute atomic E-state index is 0.00486. The molecule has 4 heterocycles. The van der Waals surface area contributed by atoms with Gasteiger partial charge < -0.3 is 9.47 Å². The Kier molecular flexibility index (Phi) is 3.91. The molecule has 0 aliphatic carbocycles. The van der Waals surface area contributed by atoms with E-state index in [-0.39, 0.29) is 17.4 Å². The number of aromatic nitrogens is 4. The first kappa shape index (κ1) is 15.4.